The van der Waals surface area contributed by atoms with Crippen molar-refractivity contribution in [3.8, 4) is 17.2 Å². The van der Waals surface area contributed by atoms with E-state index >= 15 is 0 Å². The molecule has 0 bridgehead atoms. The fourth-order valence-electron chi connectivity index (χ4n) is 2.67. The number of nitrogens with two attached hydrogens (primary N) is 1. The van der Waals surface area contributed by atoms with Crippen molar-refractivity contribution in [1.82, 2.24) is 5.32 Å². The molecule has 2 aromatic rings. The summed E-state index contributed by atoms with van der Waals surface area (Å²) in [7, 11) is 0.361. The van der Waals surface area contributed by atoms with Crippen LogP contribution >= 0.6 is 0 Å². The Morgan fingerprint density at radius 2 is 1.58 bits per heavy atom. The predicted molar refractivity (Wildman–Crippen MR) is 111 cm³/mol. The number of rotatable bonds is 10. The fraction of sp³-hybridized carbons (Fsp3) is 0.300. The zero-order valence-electron chi connectivity index (χ0n) is 17.3. The predicted octanol–water partition coefficient (Wildman–Crippen LogP) is 0.876. The maximum atomic E-state index is 12.3. The Morgan fingerprint density at radius 3 is 2.19 bits per heavy atom. The summed E-state index contributed by atoms with van der Waals surface area (Å²) in [6.45, 7) is -0.246. The molecule has 10 nitrogen and oxygen atoms in total. The fourth-order valence-corrected chi connectivity index (χ4v) is 3.21. The Morgan fingerprint density at radius 1 is 0.935 bits per heavy atom. The Hall–Kier alpha value is -3.31. The quantitative estimate of drug-likeness (QED) is 0.506. The van der Waals surface area contributed by atoms with E-state index in [1.807, 2.05) is 6.07 Å². The molecular weight excluding hydrogens is 428 g/mol. The molecule has 2 aromatic carbocycles. The second-order valence-electron chi connectivity index (χ2n) is 6.27. The van der Waals surface area contributed by atoms with Crippen LogP contribution in [0.3, 0.4) is 0 Å². The van der Waals surface area contributed by atoms with Crippen molar-refractivity contribution < 1.29 is 37.0 Å². The number of ether oxygens (including phenoxy) is 4. The van der Waals surface area contributed by atoms with Crippen LogP contribution in [0.5, 0.6) is 17.2 Å². The van der Waals surface area contributed by atoms with Crippen LogP contribution < -0.4 is 24.7 Å². The number of carbonyl (C=O) groups is 2. The van der Waals surface area contributed by atoms with E-state index in [2.05, 4.69) is 5.32 Å². The van der Waals surface area contributed by atoms with Crippen molar-refractivity contribution in [1.29, 1.82) is 0 Å². The topological polar surface area (TPSA) is 143 Å². The van der Waals surface area contributed by atoms with Crippen LogP contribution in [0, 0.1) is 0 Å². The van der Waals surface area contributed by atoms with Crippen LogP contribution in [0.15, 0.2) is 41.3 Å². The highest BCUT2D eigenvalue weighted by Crippen LogP contribution is 2.27. The molecule has 3 N–H and O–H groups in total. The number of hydrogen-bond acceptors (Lipinski definition) is 8. The summed E-state index contributed by atoms with van der Waals surface area (Å²) in [5.74, 6) is -0.167. The number of sulfonamides is 1. The molecule has 0 aliphatic heterocycles. The van der Waals surface area contributed by atoms with E-state index < -0.39 is 28.5 Å². The summed E-state index contributed by atoms with van der Waals surface area (Å²) in [4.78, 5) is 24.0. The molecule has 168 valence electrons. The van der Waals surface area contributed by atoms with Crippen molar-refractivity contribution >= 4 is 21.9 Å². The molecule has 11 heteroatoms. The van der Waals surface area contributed by atoms with Gasteiger partial charge in [-0.2, -0.15) is 0 Å². The molecular formula is C20H24N2O8S. The van der Waals surface area contributed by atoms with Crippen molar-refractivity contribution in [2.45, 2.75) is 11.3 Å². The second-order valence-corrected chi connectivity index (χ2v) is 7.83. The molecule has 0 radical (unpaired) electrons. The number of benzene rings is 2. The third-order valence-corrected chi connectivity index (χ3v) is 5.15. The average Bonchev–Trinajstić information content (AvgIpc) is 2.76. The van der Waals surface area contributed by atoms with Gasteiger partial charge >= 0.3 is 5.97 Å². The molecule has 0 unspecified atom stereocenters. The minimum atomic E-state index is -4.02. The lowest BCUT2D eigenvalue weighted by atomic mass is 10.1. The number of primary sulfonamides is 1. The summed E-state index contributed by atoms with van der Waals surface area (Å²) >= 11 is 0. The third-order valence-electron chi connectivity index (χ3n) is 4.24. The largest absolute Gasteiger partial charge is 0.496 e. The maximum absolute atomic E-state index is 12.3. The van der Waals surface area contributed by atoms with Crippen molar-refractivity contribution in [3.05, 3.63) is 47.5 Å². The van der Waals surface area contributed by atoms with Gasteiger partial charge in [-0.1, -0.05) is 6.07 Å². The summed E-state index contributed by atoms with van der Waals surface area (Å²) in [6.07, 6.45) is 0.518. The van der Waals surface area contributed by atoms with Gasteiger partial charge < -0.3 is 24.3 Å². The van der Waals surface area contributed by atoms with Crippen molar-refractivity contribution in [2.75, 3.05) is 34.5 Å². The highest BCUT2D eigenvalue weighted by molar-refractivity contribution is 7.89. The van der Waals surface area contributed by atoms with Gasteiger partial charge in [0.15, 0.2) is 18.1 Å². The minimum absolute atomic E-state index is 0.0891. The highest BCUT2D eigenvalue weighted by Gasteiger charge is 2.19. The Labute approximate surface area is 180 Å². The van der Waals surface area contributed by atoms with E-state index in [0.29, 0.717) is 24.5 Å². The second kappa shape index (κ2) is 10.6. The van der Waals surface area contributed by atoms with Crippen LogP contribution in [-0.2, 0) is 26.0 Å². The Kier molecular flexibility index (Phi) is 8.22. The van der Waals surface area contributed by atoms with Crippen LogP contribution in [0.1, 0.15) is 15.9 Å². The van der Waals surface area contributed by atoms with Gasteiger partial charge in [-0.15, -0.1) is 0 Å². The van der Waals surface area contributed by atoms with Gasteiger partial charge in [0.2, 0.25) is 10.0 Å². The molecule has 31 heavy (non-hydrogen) atoms. The number of nitrogens with one attached hydrogen (secondary N) is 1. The van der Waals surface area contributed by atoms with Crippen molar-refractivity contribution in [3.63, 3.8) is 0 Å². The standard InChI is InChI=1S/C20H24N2O8S/c1-27-16-7-5-14(31(21,25)26)11-15(16)20(24)30-12-19(23)22-9-8-13-4-6-17(28-2)18(10-13)29-3/h4-7,10-11H,8-9,12H2,1-3H3,(H,22,23)(H2,21,25,26). The zero-order valence-corrected chi connectivity index (χ0v) is 18.2. The monoisotopic (exact) mass is 452 g/mol. The molecule has 0 aromatic heterocycles. The zero-order chi connectivity index (χ0) is 23.0. The lowest BCUT2D eigenvalue weighted by Crippen LogP contribution is -2.30. The third kappa shape index (κ3) is 6.59. The normalized spacial score (nSPS) is 10.8. The Bertz CT molecular complexity index is 1050. The van der Waals surface area contributed by atoms with E-state index in [4.69, 9.17) is 24.1 Å². The molecule has 0 saturated carbocycles. The number of hydrogen-bond donors (Lipinski definition) is 2. The van der Waals surface area contributed by atoms with E-state index in [0.717, 1.165) is 11.6 Å². The summed E-state index contributed by atoms with van der Waals surface area (Å²) in [5, 5.41) is 7.71. The molecule has 0 spiro atoms. The minimum Gasteiger partial charge on any atom is -0.496 e. The molecule has 0 heterocycles. The average molecular weight is 452 g/mol. The van der Waals surface area contributed by atoms with Gasteiger partial charge in [0.05, 0.1) is 26.2 Å². The SMILES string of the molecule is COc1ccc(CCNC(=O)COC(=O)c2cc(S(N)(=O)=O)ccc2OC)cc1OC. The first-order valence-electron chi connectivity index (χ1n) is 9.05. The molecule has 0 atom stereocenters. The van der Waals surface area contributed by atoms with E-state index in [1.165, 1.54) is 26.4 Å². The Balaban J connectivity index is 1.91. The van der Waals surface area contributed by atoms with Crippen LogP contribution in [0.4, 0.5) is 0 Å². The summed E-state index contributed by atoms with van der Waals surface area (Å²) in [6, 6.07) is 8.92. The number of amides is 1. The number of esters is 1. The van der Waals surface area contributed by atoms with Crippen LogP contribution in [0.25, 0.3) is 0 Å². The van der Waals surface area contributed by atoms with E-state index in [9.17, 15) is 18.0 Å². The van der Waals surface area contributed by atoms with Crippen molar-refractivity contribution in [2.24, 2.45) is 5.14 Å². The van der Waals surface area contributed by atoms with Gasteiger partial charge in [0.25, 0.3) is 5.91 Å². The lowest BCUT2D eigenvalue weighted by Gasteiger charge is -2.11. The summed E-state index contributed by atoms with van der Waals surface area (Å²) in [5.41, 5.74) is 0.756. The van der Waals surface area contributed by atoms with E-state index in [1.54, 1.807) is 19.2 Å². The first-order chi connectivity index (χ1) is 14.7. The van der Waals surface area contributed by atoms with Gasteiger partial charge in [-0.3, -0.25) is 4.79 Å². The summed E-state index contributed by atoms with van der Waals surface area (Å²) < 4.78 is 43.4. The molecule has 2 rings (SSSR count). The highest BCUT2D eigenvalue weighted by atomic mass is 32.2. The lowest BCUT2D eigenvalue weighted by molar-refractivity contribution is -0.124. The molecule has 0 fully saturated rings. The number of methoxy groups -OCH3 is 3. The van der Waals surface area contributed by atoms with Gasteiger partial charge in [0, 0.05) is 6.54 Å². The van der Waals surface area contributed by atoms with Crippen LogP contribution in [-0.4, -0.2) is 54.8 Å². The molecule has 0 aliphatic carbocycles. The smallest absolute Gasteiger partial charge is 0.342 e. The van der Waals surface area contributed by atoms with Crippen LogP contribution in [0.2, 0.25) is 0 Å². The first-order valence-corrected chi connectivity index (χ1v) is 10.6. The number of carbonyl (C=O) groups excluding carboxylic acids is 2. The molecule has 0 aliphatic rings. The molecule has 0 saturated heterocycles. The first kappa shape index (κ1) is 24.0. The van der Waals surface area contributed by atoms with Gasteiger partial charge in [0.1, 0.15) is 11.3 Å². The maximum Gasteiger partial charge on any atom is 0.342 e. The molecule has 1 amide bonds. The van der Waals surface area contributed by atoms with Gasteiger partial charge in [-0.05, 0) is 42.3 Å². The van der Waals surface area contributed by atoms with Gasteiger partial charge in [-0.25, -0.2) is 18.4 Å². The van der Waals surface area contributed by atoms with E-state index in [-0.39, 0.29) is 16.2 Å².